The van der Waals surface area contributed by atoms with Crippen LogP contribution in [0.15, 0.2) is 109 Å². The van der Waals surface area contributed by atoms with Crippen LogP contribution < -0.4 is 10.6 Å². The summed E-state index contributed by atoms with van der Waals surface area (Å²) < 4.78 is 29.0. The number of hydrogen-bond acceptors (Lipinski definition) is 4. The maximum Gasteiger partial charge on any atom is 0.254 e. The van der Waals surface area contributed by atoms with Gasteiger partial charge in [-0.3, -0.25) is 9.59 Å². The van der Waals surface area contributed by atoms with Gasteiger partial charge in [-0.1, -0.05) is 112 Å². The summed E-state index contributed by atoms with van der Waals surface area (Å²) in [6, 6.07) is 33.1. The molecular formula is C43H51F2N3O3. The van der Waals surface area contributed by atoms with E-state index in [-0.39, 0.29) is 49.6 Å². The second kappa shape index (κ2) is 15.9. The maximum absolute atomic E-state index is 14.5. The van der Waals surface area contributed by atoms with Crippen LogP contribution in [-0.4, -0.2) is 53.5 Å². The number of halogens is 2. The van der Waals surface area contributed by atoms with Crippen molar-refractivity contribution < 1.29 is 23.5 Å². The van der Waals surface area contributed by atoms with Crippen LogP contribution in [0.5, 0.6) is 0 Å². The largest absolute Gasteiger partial charge is 0.390 e. The fourth-order valence-corrected chi connectivity index (χ4v) is 6.87. The molecule has 4 aromatic rings. The van der Waals surface area contributed by atoms with Gasteiger partial charge in [-0.05, 0) is 72.1 Å². The fourth-order valence-electron chi connectivity index (χ4n) is 6.87. The number of carbonyl (C=O) groups excluding carboxylic acids is 2. The molecule has 0 aromatic heterocycles. The third-order valence-electron chi connectivity index (χ3n) is 10.4. The number of aliphatic hydroxyl groups excluding tert-OH is 1. The number of nitrogens with one attached hydrogen (secondary N) is 2. The van der Waals surface area contributed by atoms with Crippen LogP contribution in [0.4, 0.5) is 8.78 Å². The highest BCUT2D eigenvalue weighted by atomic mass is 19.3. The monoisotopic (exact) mass is 695 g/mol. The number of nitrogens with zero attached hydrogens (tertiary/aromatic N) is 1. The highest BCUT2D eigenvalue weighted by molar-refractivity contribution is 5.99. The summed E-state index contributed by atoms with van der Waals surface area (Å²) in [7, 11) is 1.74. The van der Waals surface area contributed by atoms with Crippen molar-refractivity contribution in [1.82, 2.24) is 15.5 Å². The number of hydrogen-bond donors (Lipinski definition) is 3. The Morgan fingerprint density at radius 2 is 1.43 bits per heavy atom. The lowest BCUT2D eigenvalue weighted by atomic mass is 9.73. The van der Waals surface area contributed by atoms with Gasteiger partial charge in [0.1, 0.15) is 0 Å². The molecule has 1 saturated carbocycles. The van der Waals surface area contributed by atoms with Crippen molar-refractivity contribution in [3.8, 4) is 0 Å². The van der Waals surface area contributed by atoms with Gasteiger partial charge in [-0.15, -0.1) is 0 Å². The first-order valence-corrected chi connectivity index (χ1v) is 17.9. The van der Waals surface area contributed by atoms with Gasteiger partial charge < -0.3 is 20.6 Å². The van der Waals surface area contributed by atoms with Crippen LogP contribution in [-0.2, 0) is 17.4 Å². The first-order chi connectivity index (χ1) is 24.2. The molecule has 1 aliphatic rings. The molecule has 1 aliphatic carbocycles. The minimum absolute atomic E-state index is 0.0732. The van der Waals surface area contributed by atoms with Crippen molar-refractivity contribution in [3.05, 3.63) is 143 Å². The molecule has 0 saturated heterocycles. The van der Waals surface area contributed by atoms with E-state index in [1.807, 2.05) is 79.7 Å². The van der Waals surface area contributed by atoms with Gasteiger partial charge in [0.25, 0.3) is 11.8 Å². The zero-order chi connectivity index (χ0) is 36.8. The van der Waals surface area contributed by atoms with E-state index in [0.29, 0.717) is 17.5 Å². The summed E-state index contributed by atoms with van der Waals surface area (Å²) in [5.41, 5.74) is 3.74. The summed E-state index contributed by atoms with van der Waals surface area (Å²) in [5.74, 6) is -3.38. The molecule has 8 heteroatoms. The quantitative estimate of drug-likeness (QED) is 0.140. The van der Waals surface area contributed by atoms with Crippen molar-refractivity contribution in [3.63, 3.8) is 0 Å². The van der Waals surface area contributed by atoms with E-state index in [1.54, 1.807) is 36.2 Å². The smallest absolute Gasteiger partial charge is 0.254 e. The van der Waals surface area contributed by atoms with Gasteiger partial charge in [-0.2, -0.15) is 0 Å². The van der Waals surface area contributed by atoms with Gasteiger partial charge in [-0.25, -0.2) is 8.78 Å². The van der Waals surface area contributed by atoms with Crippen LogP contribution in [0, 0.1) is 0 Å². The van der Waals surface area contributed by atoms with Crippen LogP contribution >= 0.6 is 0 Å². The molecule has 4 aromatic carbocycles. The molecule has 3 atom stereocenters. The summed E-state index contributed by atoms with van der Waals surface area (Å²) >= 11 is 0. The summed E-state index contributed by atoms with van der Waals surface area (Å²) in [6.07, 6.45) is -0.789. The predicted molar refractivity (Wildman–Crippen MR) is 199 cm³/mol. The zero-order valence-electron chi connectivity index (χ0n) is 30.3. The molecule has 0 unspecified atom stereocenters. The first kappa shape index (κ1) is 37.8. The van der Waals surface area contributed by atoms with Gasteiger partial charge >= 0.3 is 0 Å². The molecule has 0 bridgehead atoms. The predicted octanol–water partition coefficient (Wildman–Crippen LogP) is 8.21. The van der Waals surface area contributed by atoms with Crippen molar-refractivity contribution in [2.75, 3.05) is 13.6 Å². The summed E-state index contributed by atoms with van der Waals surface area (Å²) in [4.78, 5) is 28.9. The topological polar surface area (TPSA) is 81.7 Å². The third-order valence-corrected chi connectivity index (χ3v) is 10.4. The average molecular weight is 696 g/mol. The van der Waals surface area contributed by atoms with Gasteiger partial charge in [0, 0.05) is 43.1 Å². The van der Waals surface area contributed by atoms with E-state index < -0.39 is 29.5 Å². The van der Waals surface area contributed by atoms with Gasteiger partial charge in [0.15, 0.2) is 0 Å². The molecule has 3 N–H and O–H groups in total. The van der Waals surface area contributed by atoms with E-state index in [2.05, 4.69) is 43.5 Å². The summed E-state index contributed by atoms with van der Waals surface area (Å²) in [6.45, 7) is 8.40. The minimum atomic E-state index is -2.74. The lowest BCUT2D eigenvalue weighted by molar-refractivity contribution is -0.0586. The molecule has 270 valence electrons. The second-order valence-electron chi connectivity index (χ2n) is 15.1. The Morgan fingerprint density at radius 1 is 0.824 bits per heavy atom. The van der Waals surface area contributed by atoms with E-state index in [4.69, 9.17) is 0 Å². The molecule has 0 radical (unpaired) electrons. The number of alkyl halides is 2. The second-order valence-corrected chi connectivity index (χ2v) is 15.1. The van der Waals surface area contributed by atoms with E-state index in [9.17, 15) is 23.5 Å². The molecule has 5 rings (SSSR count). The minimum Gasteiger partial charge on any atom is -0.390 e. The number of amides is 2. The van der Waals surface area contributed by atoms with Crippen molar-refractivity contribution >= 4 is 11.8 Å². The highest BCUT2D eigenvalue weighted by Gasteiger charge is 2.45. The Balaban J connectivity index is 1.36. The van der Waals surface area contributed by atoms with Gasteiger partial charge in [0.2, 0.25) is 5.92 Å². The lowest BCUT2D eigenvalue weighted by Crippen LogP contribution is -2.54. The third kappa shape index (κ3) is 9.48. The normalized spacial score (nSPS) is 17.2. The number of aliphatic hydroxyl groups is 1. The lowest BCUT2D eigenvalue weighted by Gasteiger charge is -2.43. The number of benzene rings is 4. The van der Waals surface area contributed by atoms with E-state index >= 15 is 0 Å². The molecule has 0 heterocycles. The Bertz CT molecular complexity index is 1760. The Hall–Kier alpha value is -4.40. The Morgan fingerprint density at radius 3 is 2.08 bits per heavy atom. The molecule has 2 amide bonds. The van der Waals surface area contributed by atoms with Crippen molar-refractivity contribution in [2.24, 2.45) is 0 Å². The molecule has 6 nitrogen and oxygen atoms in total. The standard InChI is InChI=1S/C43H51F2N3O3/c1-30(32-16-10-7-11-17-32)48(5)40(51)34-19-12-18-33(27-34)39(50)47-37(26-31-14-8-6-9-15-31)38(49)29-46-42(22-24-43(44,45)25-23-42)36-21-13-20-35(28-36)41(2,3)4/h6-21,27-28,30,37-38,46,49H,22-26,29H2,1-5H3,(H,47,50)/t30-,37+,38-/m1/s1. The number of carbonyl (C=O) groups is 2. The Kier molecular flexibility index (Phi) is 11.8. The zero-order valence-corrected chi connectivity index (χ0v) is 30.3. The Labute approximate surface area is 301 Å². The molecular weight excluding hydrogens is 644 g/mol. The van der Waals surface area contributed by atoms with Crippen LogP contribution in [0.25, 0.3) is 0 Å². The van der Waals surface area contributed by atoms with E-state index in [0.717, 1.165) is 22.3 Å². The van der Waals surface area contributed by atoms with Crippen LogP contribution in [0.3, 0.4) is 0 Å². The summed E-state index contributed by atoms with van der Waals surface area (Å²) in [5, 5.41) is 18.3. The fraction of sp³-hybridized carbons (Fsp3) is 0.395. The molecule has 0 spiro atoms. The van der Waals surface area contributed by atoms with Crippen molar-refractivity contribution in [2.45, 2.75) is 94.9 Å². The van der Waals surface area contributed by atoms with Crippen LogP contribution in [0.1, 0.15) is 102 Å². The molecule has 0 aliphatic heterocycles. The van der Waals surface area contributed by atoms with Crippen LogP contribution in [0.2, 0.25) is 0 Å². The highest BCUT2D eigenvalue weighted by Crippen LogP contribution is 2.44. The molecule has 51 heavy (non-hydrogen) atoms. The van der Waals surface area contributed by atoms with Gasteiger partial charge in [0.05, 0.1) is 18.2 Å². The molecule has 1 fully saturated rings. The maximum atomic E-state index is 14.5. The average Bonchev–Trinajstić information content (AvgIpc) is 3.13. The first-order valence-electron chi connectivity index (χ1n) is 17.9. The van der Waals surface area contributed by atoms with Crippen molar-refractivity contribution in [1.29, 1.82) is 0 Å². The number of rotatable bonds is 12. The SMILES string of the molecule is C[C@H](c1ccccc1)N(C)C(=O)c1cccc(C(=O)N[C@@H](Cc2ccccc2)[C@H](O)CNC2(c3cccc(C(C)(C)C)c3)CCC(F)(F)CC2)c1. The van der Waals surface area contributed by atoms with E-state index in [1.165, 1.54) is 0 Å².